The first-order valence-electron chi connectivity index (χ1n) is 11.5. The van der Waals surface area contributed by atoms with Crippen LogP contribution in [-0.4, -0.2) is 24.6 Å². The highest BCUT2D eigenvalue weighted by atomic mass is 79.9. The third-order valence-corrected chi connectivity index (χ3v) is 8.29. The van der Waals surface area contributed by atoms with Crippen molar-refractivity contribution in [3.63, 3.8) is 0 Å². The summed E-state index contributed by atoms with van der Waals surface area (Å²) in [5, 5.41) is 4.30. The number of halogens is 1. The van der Waals surface area contributed by atoms with Crippen molar-refractivity contribution < 1.29 is 21.5 Å². The van der Waals surface area contributed by atoms with Gasteiger partial charge in [0.15, 0.2) is 0 Å². The second kappa shape index (κ2) is 13.2. The Labute approximate surface area is 201 Å². The van der Waals surface area contributed by atoms with E-state index in [1.54, 1.807) is 0 Å². The molecule has 0 N–H and O–H groups in total. The van der Waals surface area contributed by atoms with E-state index < -0.39 is 7.92 Å². The molecule has 166 valence electrons. The molecule has 0 spiro atoms. The molecule has 0 aliphatic rings. The minimum absolute atomic E-state index is 0. The lowest BCUT2D eigenvalue weighted by molar-refractivity contribution is -0.923. The van der Waals surface area contributed by atoms with Gasteiger partial charge in [0, 0.05) is 5.56 Å². The number of benzene rings is 3. The van der Waals surface area contributed by atoms with Crippen molar-refractivity contribution in [3.05, 3.63) is 90.5 Å². The second-order valence-corrected chi connectivity index (χ2v) is 10.8. The summed E-state index contributed by atoms with van der Waals surface area (Å²) >= 11 is 0. The molecule has 1 nitrogen and oxygen atoms in total. The van der Waals surface area contributed by atoms with Crippen molar-refractivity contribution in [1.82, 2.24) is 0 Å². The van der Waals surface area contributed by atoms with E-state index >= 15 is 0 Å². The monoisotopic (exact) mass is 497 g/mol. The number of unbranched alkanes of at least 4 members (excludes halogenated alkanes) is 2. The Balaban J connectivity index is 0.00000341. The number of hydrogen-bond acceptors (Lipinski definition) is 0. The van der Waals surface area contributed by atoms with Gasteiger partial charge in [0.05, 0.1) is 20.1 Å². The highest BCUT2D eigenvalue weighted by molar-refractivity contribution is 7.79. The van der Waals surface area contributed by atoms with Crippen LogP contribution in [0.15, 0.2) is 84.9 Å². The summed E-state index contributed by atoms with van der Waals surface area (Å²) in [7, 11) is 1.92. The van der Waals surface area contributed by atoms with Gasteiger partial charge in [-0.15, -0.1) is 0 Å². The van der Waals surface area contributed by atoms with E-state index in [4.69, 9.17) is 0 Å². The molecule has 3 rings (SSSR count). The van der Waals surface area contributed by atoms with Gasteiger partial charge in [-0.05, 0) is 42.7 Å². The molecule has 0 atom stereocenters. The quantitative estimate of drug-likeness (QED) is 0.282. The molecule has 0 aliphatic carbocycles. The summed E-state index contributed by atoms with van der Waals surface area (Å²) in [6.45, 7) is 8.27. The van der Waals surface area contributed by atoms with E-state index in [1.165, 1.54) is 60.2 Å². The zero-order valence-electron chi connectivity index (χ0n) is 19.3. The van der Waals surface area contributed by atoms with Gasteiger partial charge in [-0.25, -0.2) is 0 Å². The van der Waals surface area contributed by atoms with Crippen molar-refractivity contribution in [3.8, 4) is 0 Å². The van der Waals surface area contributed by atoms with E-state index in [1.807, 2.05) is 0 Å². The molecule has 31 heavy (non-hydrogen) atoms. The van der Waals surface area contributed by atoms with E-state index in [9.17, 15) is 0 Å². The molecule has 0 heterocycles. The molecular weight excluding hydrogens is 461 g/mol. The van der Waals surface area contributed by atoms with Gasteiger partial charge in [-0.3, -0.25) is 0 Å². The fourth-order valence-corrected chi connectivity index (χ4v) is 6.55. The Hall–Kier alpha value is -1.47. The van der Waals surface area contributed by atoms with Gasteiger partial charge < -0.3 is 21.5 Å². The summed E-state index contributed by atoms with van der Waals surface area (Å²) in [6.07, 6.45) is 5.15. The number of rotatable bonds is 11. The zero-order valence-corrected chi connectivity index (χ0v) is 21.8. The predicted molar refractivity (Wildman–Crippen MR) is 135 cm³/mol. The van der Waals surface area contributed by atoms with Crippen LogP contribution < -0.4 is 32.9 Å². The van der Waals surface area contributed by atoms with Crippen molar-refractivity contribution in [2.24, 2.45) is 0 Å². The van der Waals surface area contributed by atoms with Crippen LogP contribution in [0.3, 0.4) is 0 Å². The van der Waals surface area contributed by atoms with E-state index in [-0.39, 0.29) is 17.0 Å². The second-order valence-electron chi connectivity index (χ2n) is 8.61. The number of quaternary nitrogens is 1. The summed E-state index contributed by atoms with van der Waals surface area (Å²) in [4.78, 5) is 0. The molecule has 0 fully saturated rings. The van der Waals surface area contributed by atoms with Crippen LogP contribution in [-0.2, 0) is 6.54 Å². The van der Waals surface area contributed by atoms with Gasteiger partial charge in [0.2, 0.25) is 0 Å². The van der Waals surface area contributed by atoms with Gasteiger partial charge in [0.1, 0.15) is 6.54 Å². The maximum atomic E-state index is 2.49. The molecule has 0 saturated carbocycles. The van der Waals surface area contributed by atoms with Crippen molar-refractivity contribution >= 4 is 23.8 Å². The highest BCUT2D eigenvalue weighted by Gasteiger charge is 2.22. The van der Waals surface area contributed by atoms with Crippen LogP contribution in [0.5, 0.6) is 0 Å². The van der Waals surface area contributed by atoms with Gasteiger partial charge >= 0.3 is 0 Å². The van der Waals surface area contributed by atoms with E-state index in [0.29, 0.717) is 0 Å². The molecule has 3 aromatic carbocycles. The SMILES string of the molecule is CCCC[N+](C)(CCCC)Cc1cccc(P(c2ccccc2)c2ccccc2)c1.[Br-]. The molecule has 0 amide bonds. The van der Waals surface area contributed by atoms with Crippen molar-refractivity contribution in [1.29, 1.82) is 0 Å². The van der Waals surface area contributed by atoms with E-state index in [2.05, 4.69) is 106 Å². The normalized spacial score (nSPS) is 11.4. The first-order valence-corrected chi connectivity index (χ1v) is 12.8. The van der Waals surface area contributed by atoms with Crippen LogP contribution >= 0.6 is 7.92 Å². The van der Waals surface area contributed by atoms with Gasteiger partial charge in [-0.2, -0.15) is 0 Å². The van der Waals surface area contributed by atoms with E-state index in [0.717, 1.165) is 11.0 Å². The van der Waals surface area contributed by atoms with Crippen molar-refractivity contribution in [2.75, 3.05) is 20.1 Å². The Morgan fingerprint density at radius 2 is 1.13 bits per heavy atom. The summed E-state index contributed by atoms with van der Waals surface area (Å²) in [5.74, 6) is 0. The number of nitrogens with zero attached hydrogens (tertiary/aromatic N) is 1. The molecule has 0 aliphatic heterocycles. The van der Waals surface area contributed by atoms with Crippen LogP contribution in [0.4, 0.5) is 0 Å². The third kappa shape index (κ3) is 7.56. The molecular formula is C28H37BrNP. The maximum absolute atomic E-state index is 2.49. The third-order valence-electron chi connectivity index (χ3n) is 5.86. The molecule has 0 unspecified atom stereocenters. The Bertz CT molecular complexity index is 834. The topological polar surface area (TPSA) is 0 Å². The van der Waals surface area contributed by atoms with Crippen LogP contribution in [0.1, 0.15) is 45.1 Å². The van der Waals surface area contributed by atoms with Crippen molar-refractivity contribution in [2.45, 2.75) is 46.1 Å². The Morgan fingerprint density at radius 1 is 0.645 bits per heavy atom. The smallest absolute Gasteiger partial charge is 0.104 e. The van der Waals surface area contributed by atoms with Crippen LogP contribution in [0.2, 0.25) is 0 Å². The lowest BCUT2D eigenvalue weighted by Gasteiger charge is -2.35. The molecule has 0 saturated heterocycles. The summed E-state index contributed by atoms with van der Waals surface area (Å²) in [5.41, 5.74) is 1.47. The first-order chi connectivity index (χ1) is 14.6. The lowest BCUT2D eigenvalue weighted by Crippen LogP contribution is -3.00. The maximum Gasteiger partial charge on any atom is 0.104 e. The molecule has 0 bridgehead atoms. The lowest BCUT2D eigenvalue weighted by atomic mass is 10.1. The number of hydrogen-bond donors (Lipinski definition) is 0. The minimum Gasteiger partial charge on any atom is -1.00 e. The van der Waals surface area contributed by atoms with Gasteiger partial charge in [-0.1, -0.05) is 106 Å². The zero-order chi connectivity index (χ0) is 21.2. The van der Waals surface area contributed by atoms with Gasteiger partial charge in [0.25, 0.3) is 0 Å². The average molecular weight is 498 g/mol. The van der Waals surface area contributed by atoms with Crippen LogP contribution in [0, 0.1) is 0 Å². The predicted octanol–water partition coefficient (Wildman–Crippen LogP) is 3.00. The first kappa shape index (κ1) is 25.8. The molecule has 3 aromatic rings. The fourth-order valence-electron chi connectivity index (χ4n) is 4.19. The Kier molecular flexibility index (Phi) is 10.9. The Morgan fingerprint density at radius 3 is 1.61 bits per heavy atom. The highest BCUT2D eigenvalue weighted by Crippen LogP contribution is 2.33. The average Bonchev–Trinajstić information content (AvgIpc) is 2.78. The summed E-state index contributed by atoms with van der Waals surface area (Å²) in [6, 6.07) is 31.5. The molecule has 3 heteroatoms. The minimum atomic E-state index is -0.533. The fraction of sp³-hybridized carbons (Fsp3) is 0.357. The summed E-state index contributed by atoms with van der Waals surface area (Å²) < 4.78 is 1.15. The van der Waals surface area contributed by atoms with Crippen LogP contribution in [0.25, 0.3) is 0 Å². The standard InChI is InChI=1S/C28H37NP.BrH/c1-4-6-21-29(3,22-7-5-2)24-25-15-14-20-28(23-25)30(26-16-10-8-11-17-26)27-18-12-9-13-19-27;/h8-20,23H,4-7,21-22,24H2,1-3H3;1H/q+1;/p-1. The molecule has 0 aromatic heterocycles. The largest absolute Gasteiger partial charge is 1.00 e. The molecule has 0 radical (unpaired) electrons.